The molecule has 0 saturated heterocycles. The first-order valence-electron chi connectivity index (χ1n) is 7.02. The van der Waals surface area contributed by atoms with Gasteiger partial charge in [0, 0.05) is 12.0 Å². The molecule has 0 fully saturated rings. The van der Waals surface area contributed by atoms with Crippen molar-refractivity contribution < 1.29 is 19.0 Å². The zero-order valence-corrected chi connectivity index (χ0v) is 11.4. The first-order valence-corrected chi connectivity index (χ1v) is 7.02. The molecule has 4 rings (SSSR count). The van der Waals surface area contributed by atoms with E-state index in [0.29, 0.717) is 42.4 Å². The minimum atomic E-state index is -0.0490. The summed E-state index contributed by atoms with van der Waals surface area (Å²) in [7, 11) is 0. The van der Waals surface area contributed by atoms with Crippen molar-refractivity contribution >= 4 is 5.78 Å². The van der Waals surface area contributed by atoms with E-state index in [2.05, 4.69) is 0 Å². The van der Waals surface area contributed by atoms with E-state index in [0.717, 1.165) is 17.7 Å². The van der Waals surface area contributed by atoms with Gasteiger partial charge in [-0.2, -0.15) is 0 Å². The maximum Gasteiger partial charge on any atom is 0.196 e. The number of hydrogen-bond acceptors (Lipinski definition) is 4. The Bertz CT molecular complexity index is 721. The van der Waals surface area contributed by atoms with Crippen molar-refractivity contribution in [3.63, 3.8) is 0 Å². The Morgan fingerprint density at radius 3 is 2.71 bits per heavy atom. The Labute approximate surface area is 122 Å². The zero-order valence-electron chi connectivity index (χ0n) is 11.4. The minimum absolute atomic E-state index is 0.0490. The van der Waals surface area contributed by atoms with E-state index in [4.69, 9.17) is 14.2 Å². The molecule has 0 amide bonds. The maximum atomic E-state index is 12.7. The number of ether oxygens (including phenoxy) is 3. The lowest BCUT2D eigenvalue weighted by Gasteiger charge is -2.20. The second kappa shape index (κ2) is 4.81. The van der Waals surface area contributed by atoms with Crippen LogP contribution < -0.4 is 14.2 Å². The molecule has 0 bridgehead atoms. The van der Waals surface area contributed by atoms with Crippen LogP contribution in [-0.4, -0.2) is 25.6 Å². The zero-order chi connectivity index (χ0) is 14.2. The lowest BCUT2D eigenvalue weighted by molar-refractivity contribution is 0.102. The second-order valence-electron chi connectivity index (χ2n) is 5.08. The van der Waals surface area contributed by atoms with E-state index >= 15 is 0 Å². The van der Waals surface area contributed by atoms with Gasteiger partial charge in [-0.1, -0.05) is 6.07 Å². The van der Waals surface area contributed by atoms with Gasteiger partial charge < -0.3 is 14.2 Å². The summed E-state index contributed by atoms with van der Waals surface area (Å²) in [6, 6.07) is 11.0. The van der Waals surface area contributed by atoms with Crippen molar-refractivity contribution in [2.24, 2.45) is 0 Å². The molecule has 4 heteroatoms. The van der Waals surface area contributed by atoms with Crippen molar-refractivity contribution in [1.29, 1.82) is 0 Å². The van der Waals surface area contributed by atoms with Crippen molar-refractivity contribution in [1.82, 2.24) is 0 Å². The highest BCUT2D eigenvalue weighted by Gasteiger charge is 2.22. The predicted molar refractivity (Wildman–Crippen MR) is 76.5 cm³/mol. The number of carbonyl (C=O) groups is 1. The van der Waals surface area contributed by atoms with Crippen LogP contribution in [0.5, 0.6) is 17.2 Å². The van der Waals surface area contributed by atoms with Gasteiger partial charge in [-0.15, -0.1) is 0 Å². The summed E-state index contributed by atoms with van der Waals surface area (Å²) in [4.78, 5) is 12.7. The standard InChI is InChI=1S/C17H14O4/c18-16(12-4-5-14-11(10-12)6-7-19-14)13-2-1-3-15-17(13)21-9-8-20-15/h1-5,10H,6-9H2. The summed E-state index contributed by atoms with van der Waals surface area (Å²) >= 11 is 0. The average molecular weight is 282 g/mol. The summed E-state index contributed by atoms with van der Waals surface area (Å²) in [5.41, 5.74) is 2.29. The van der Waals surface area contributed by atoms with Gasteiger partial charge in [0.05, 0.1) is 12.2 Å². The molecule has 0 radical (unpaired) electrons. The van der Waals surface area contributed by atoms with Gasteiger partial charge in [-0.25, -0.2) is 0 Å². The topological polar surface area (TPSA) is 44.8 Å². The fraction of sp³-hybridized carbons (Fsp3) is 0.235. The van der Waals surface area contributed by atoms with E-state index < -0.39 is 0 Å². The third-order valence-corrected chi connectivity index (χ3v) is 3.76. The lowest BCUT2D eigenvalue weighted by atomic mass is 9.99. The summed E-state index contributed by atoms with van der Waals surface area (Å²) in [6.45, 7) is 1.67. The molecular formula is C17H14O4. The number of fused-ring (bicyclic) bond motifs is 2. The van der Waals surface area contributed by atoms with Crippen LogP contribution in [-0.2, 0) is 6.42 Å². The lowest BCUT2D eigenvalue weighted by Crippen LogP contribution is -2.18. The Morgan fingerprint density at radius 1 is 0.905 bits per heavy atom. The van der Waals surface area contributed by atoms with E-state index in [1.165, 1.54) is 0 Å². The van der Waals surface area contributed by atoms with Gasteiger partial charge >= 0.3 is 0 Å². The highest BCUT2D eigenvalue weighted by atomic mass is 16.6. The molecular weight excluding hydrogens is 268 g/mol. The molecule has 21 heavy (non-hydrogen) atoms. The van der Waals surface area contributed by atoms with E-state index in [9.17, 15) is 4.79 Å². The number of hydrogen-bond donors (Lipinski definition) is 0. The Hall–Kier alpha value is -2.49. The van der Waals surface area contributed by atoms with E-state index in [1.807, 2.05) is 24.3 Å². The Morgan fingerprint density at radius 2 is 1.76 bits per heavy atom. The first kappa shape index (κ1) is 12.3. The van der Waals surface area contributed by atoms with Gasteiger partial charge in [-0.05, 0) is 35.9 Å². The molecule has 2 aliphatic rings. The third-order valence-electron chi connectivity index (χ3n) is 3.76. The van der Waals surface area contributed by atoms with Crippen LogP contribution in [0.25, 0.3) is 0 Å². The molecule has 2 aromatic rings. The summed E-state index contributed by atoms with van der Waals surface area (Å²) in [5.74, 6) is 2.01. The Kier molecular flexibility index (Phi) is 2.81. The average Bonchev–Trinajstić information content (AvgIpc) is 3.01. The SMILES string of the molecule is O=C(c1ccc2c(c1)CCO2)c1cccc2c1OCCO2. The number of ketones is 1. The molecule has 0 aromatic heterocycles. The molecule has 0 spiro atoms. The van der Waals surface area contributed by atoms with Crippen molar-refractivity contribution in [3.8, 4) is 17.2 Å². The summed E-state index contributed by atoms with van der Waals surface area (Å²) < 4.78 is 16.6. The van der Waals surface area contributed by atoms with Crippen LogP contribution in [0.3, 0.4) is 0 Å². The molecule has 0 atom stereocenters. The largest absolute Gasteiger partial charge is 0.493 e. The molecule has 2 heterocycles. The predicted octanol–water partition coefficient (Wildman–Crippen LogP) is 2.62. The van der Waals surface area contributed by atoms with Gasteiger partial charge in [0.2, 0.25) is 0 Å². The molecule has 4 nitrogen and oxygen atoms in total. The number of carbonyl (C=O) groups excluding carboxylic acids is 1. The highest BCUT2D eigenvalue weighted by Crippen LogP contribution is 2.35. The third kappa shape index (κ3) is 2.03. The van der Waals surface area contributed by atoms with Crippen LogP contribution in [0.1, 0.15) is 21.5 Å². The first-order chi connectivity index (χ1) is 10.3. The smallest absolute Gasteiger partial charge is 0.196 e. The molecule has 0 N–H and O–H groups in total. The van der Waals surface area contributed by atoms with E-state index in [-0.39, 0.29) is 5.78 Å². The quantitative estimate of drug-likeness (QED) is 0.794. The number of rotatable bonds is 2. The van der Waals surface area contributed by atoms with Gasteiger partial charge in [0.25, 0.3) is 0 Å². The summed E-state index contributed by atoms with van der Waals surface area (Å²) in [6.07, 6.45) is 0.850. The van der Waals surface area contributed by atoms with Crippen LogP contribution in [0.4, 0.5) is 0 Å². The van der Waals surface area contributed by atoms with Crippen LogP contribution in [0.2, 0.25) is 0 Å². The number of benzene rings is 2. The number of para-hydroxylation sites is 1. The molecule has 2 aliphatic heterocycles. The van der Waals surface area contributed by atoms with Crippen LogP contribution in [0, 0.1) is 0 Å². The molecule has 2 aromatic carbocycles. The van der Waals surface area contributed by atoms with Gasteiger partial charge in [0.15, 0.2) is 17.3 Å². The van der Waals surface area contributed by atoms with E-state index in [1.54, 1.807) is 12.1 Å². The van der Waals surface area contributed by atoms with Crippen molar-refractivity contribution in [3.05, 3.63) is 53.1 Å². The molecule has 106 valence electrons. The monoisotopic (exact) mass is 282 g/mol. The van der Waals surface area contributed by atoms with Crippen molar-refractivity contribution in [2.75, 3.05) is 19.8 Å². The fourth-order valence-electron chi connectivity index (χ4n) is 2.74. The fourth-order valence-corrected chi connectivity index (χ4v) is 2.74. The normalized spacial score (nSPS) is 15.2. The van der Waals surface area contributed by atoms with Crippen LogP contribution >= 0.6 is 0 Å². The molecule has 0 unspecified atom stereocenters. The van der Waals surface area contributed by atoms with Gasteiger partial charge in [-0.3, -0.25) is 4.79 Å². The van der Waals surface area contributed by atoms with Crippen LogP contribution in [0.15, 0.2) is 36.4 Å². The van der Waals surface area contributed by atoms with Crippen molar-refractivity contribution in [2.45, 2.75) is 6.42 Å². The maximum absolute atomic E-state index is 12.7. The molecule has 0 saturated carbocycles. The van der Waals surface area contributed by atoms with Gasteiger partial charge in [0.1, 0.15) is 19.0 Å². The second-order valence-corrected chi connectivity index (χ2v) is 5.08. The Balaban J connectivity index is 1.75. The minimum Gasteiger partial charge on any atom is -0.493 e. The molecule has 0 aliphatic carbocycles. The summed E-state index contributed by atoms with van der Waals surface area (Å²) in [5, 5.41) is 0. The highest BCUT2D eigenvalue weighted by molar-refractivity contribution is 6.11.